The van der Waals surface area contributed by atoms with E-state index in [4.69, 9.17) is 0 Å². The number of nitrogens with zero attached hydrogens (tertiary/aromatic N) is 1. The van der Waals surface area contributed by atoms with E-state index in [0.29, 0.717) is 0 Å². The molecular weight excluding hydrogens is 146 g/mol. The molecule has 12 heavy (non-hydrogen) atoms. The van der Waals surface area contributed by atoms with Crippen LogP contribution in [0, 0.1) is 11.8 Å². The second-order valence-corrected chi connectivity index (χ2v) is 4.76. The largest absolute Gasteiger partial charge is 0.303 e. The fourth-order valence-electron chi connectivity index (χ4n) is 2.25. The molecule has 1 heteroatoms. The maximum atomic E-state index is 2.55. The van der Waals surface area contributed by atoms with E-state index in [1.54, 1.807) is 0 Å². The summed E-state index contributed by atoms with van der Waals surface area (Å²) >= 11 is 0. The Morgan fingerprint density at radius 1 is 1.17 bits per heavy atom. The van der Waals surface area contributed by atoms with Crippen molar-refractivity contribution in [2.75, 3.05) is 13.6 Å². The van der Waals surface area contributed by atoms with Gasteiger partial charge in [-0.2, -0.15) is 0 Å². The third-order valence-electron chi connectivity index (χ3n) is 3.27. The summed E-state index contributed by atoms with van der Waals surface area (Å²) in [6.45, 7) is 8.37. The van der Waals surface area contributed by atoms with Crippen molar-refractivity contribution < 1.29 is 0 Å². The Balaban J connectivity index is 2.50. The highest BCUT2D eigenvalue weighted by molar-refractivity contribution is 4.77. The number of hydrogen-bond acceptors (Lipinski definition) is 1. The molecule has 0 N–H and O–H groups in total. The van der Waals surface area contributed by atoms with E-state index in [2.05, 4.69) is 32.7 Å². The van der Waals surface area contributed by atoms with Crippen LogP contribution in [0.4, 0.5) is 0 Å². The summed E-state index contributed by atoms with van der Waals surface area (Å²) in [7, 11) is 2.28. The zero-order chi connectivity index (χ0) is 9.14. The minimum absolute atomic E-state index is 0.820. The Morgan fingerprint density at radius 2 is 1.83 bits per heavy atom. The molecule has 1 aliphatic heterocycles. The van der Waals surface area contributed by atoms with Crippen LogP contribution in [0.15, 0.2) is 0 Å². The predicted octanol–water partition coefficient (Wildman–Crippen LogP) is 2.76. The molecule has 0 radical (unpaired) electrons. The molecule has 0 spiro atoms. The van der Waals surface area contributed by atoms with Crippen molar-refractivity contribution in [1.82, 2.24) is 4.90 Å². The van der Waals surface area contributed by atoms with Gasteiger partial charge in [0.15, 0.2) is 0 Å². The minimum atomic E-state index is 0.820. The Labute approximate surface area is 77.1 Å². The van der Waals surface area contributed by atoms with E-state index in [0.717, 1.165) is 17.9 Å². The van der Waals surface area contributed by atoms with Crippen LogP contribution in [0.5, 0.6) is 0 Å². The van der Waals surface area contributed by atoms with Gasteiger partial charge in [0.25, 0.3) is 0 Å². The molecule has 0 aromatic carbocycles. The maximum absolute atomic E-state index is 2.55. The lowest BCUT2D eigenvalue weighted by molar-refractivity contribution is 0.195. The molecule has 1 aliphatic rings. The first-order valence-electron chi connectivity index (χ1n) is 5.31. The topological polar surface area (TPSA) is 3.24 Å². The van der Waals surface area contributed by atoms with Crippen LogP contribution in [0.3, 0.4) is 0 Å². The van der Waals surface area contributed by atoms with Gasteiger partial charge < -0.3 is 4.90 Å². The summed E-state index contributed by atoms with van der Waals surface area (Å²) in [5.74, 6) is 1.76. The van der Waals surface area contributed by atoms with Crippen LogP contribution in [0.2, 0.25) is 0 Å². The predicted molar refractivity (Wildman–Crippen MR) is 54.3 cm³/mol. The lowest BCUT2D eigenvalue weighted by atomic mass is 9.96. The van der Waals surface area contributed by atoms with Crippen molar-refractivity contribution in [2.24, 2.45) is 11.8 Å². The molecule has 2 atom stereocenters. The highest BCUT2D eigenvalue weighted by atomic mass is 15.1. The summed E-state index contributed by atoms with van der Waals surface area (Å²) < 4.78 is 0. The SMILES string of the molecule is CC1CCC(C(C)C)N(C)CC1. The minimum Gasteiger partial charge on any atom is -0.303 e. The molecule has 0 aliphatic carbocycles. The van der Waals surface area contributed by atoms with Gasteiger partial charge in [-0.1, -0.05) is 20.8 Å². The van der Waals surface area contributed by atoms with E-state index < -0.39 is 0 Å². The summed E-state index contributed by atoms with van der Waals surface area (Å²) in [5.41, 5.74) is 0. The normalized spacial score (nSPS) is 33.8. The molecule has 1 nitrogen and oxygen atoms in total. The molecule has 1 fully saturated rings. The Kier molecular flexibility index (Phi) is 3.57. The zero-order valence-electron chi connectivity index (χ0n) is 9.01. The van der Waals surface area contributed by atoms with Crippen LogP contribution < -0.4 is 0 Å². The molecule has 1 rings (SSSR count). The lowest BCUT2D eigenvalue weighted by Gasteiger charge is -2.28. The Hall–Kier alpha value is -0.0400. The summed E-state index contributed by atoms with van der Waals surface area (Å²) in [6.07, 6.45) is 4.21. The number of likely N-dealkylation sites (tertiary alicyclic amines) is 1. The molecule has 0 aromatic heterocycles. The smallest absolute Gasteiger partial charge is 0.0115 e. The molecule has 0 amide bonds. The summed E-state index contributed by atoms with van der Waals surface area (Å²) in [6, 6.07) is 0.829. The van der Waals surface area contributed by atoms with Crippen LogP contribution in [-0.2, 0) is 0 Å². The monoisotopic (exact) mass is 169 g/mol. The standard InChI is InChI=1S/C11H23N/c1-9(2)11-6-5-10(3)7-8-12(11)4/h9-11H,5-8H2,1-4H3. The molecule has 1 heterocycles. The van der Waals surface area contributed by atoms with E-state index in [-0.39, 0.29) is 0 Å². The van der Waals surface area contributed by atoms with Crippen LogP contribution >= 0.6 is 0 Å². The highest BCUT2D eigenvalue weighted by Crippen LogP contribution is 2.24. The highest BCUT2D eigenvalue weighted by Gasteiger charge is 2.22. The van der Waals surface area contributed by atoms with Crippen molar-refractivity contribution in [3.63, 3.8) is 0 Å². The fourth-order valence-corrected chi connectivity index (χ4v) is 2.25. The zero-order valence-corrected chi connectivity index (χ0v) is 9.01. The van der Waals surface area contributed by atoms with E-state index in [1.165, 1.54) is 25.8 Å². The fraction of sp³-hybridized carbons (Fsp3) is 1.00. The van der Waals surface area contributed by atoms with Crippen molar-refractivity contribution in [3.05, 3.63) is 0 Å². The van der Waals surface area contributed by atoms with Gasteiger partial charge in [0.1, 0.15) is 0 Å². The van der Waals surface area contributed by atoms with Gasteiger partial charge in [0, 0.05) is 6.04 Å². The third-order valence-corrected chi connectivity index (χ3v) is 3.27. The number of rotatable bonds is 1. The van der Waals surface area contributed by atoms with Crippen LogP contribution in [0.1, 0.15) is 40.0 Å². The first kappa shape index (κ1) is 10.0. The van der Waals surface area contributed by atoms with Gasteiger partial charge in [-0.05, 0) is 44.7 Å². The lowest BCUT2D eigenvalue weighted by Crippen LogP contribution is -2.35. The molecular formula is C11H23N. The van der Waals surface area contributed by atoms with E-state index in [1.807, 2.05) is 0 Å². The molecule has 0 bridgehead atoms. The van der Waals surface area contributed by atoms with Gasteiger partial charge in [0.2, 0.25) is 0 Å². The van der Waals surface area contributed by atoms with Gasteiger partial charge in [0.05, 0.1) is 0 Å². The third kappa shape index (κ3) is 2.48. The molecule has 72 valence electrons. The van der Waals surface area contributed by atoms with Gasteiger partial charge in [-0.3, -0.25) is 0 Å². The van der Waals surface area contributed by atoms with Crippen molar-refractivity contribution >= 4 is 0 Å². The second kappa shape index (κ2) is 4.27. The van der Waals surface area contributed by atoms with Crippen LogP contribution in [-0.4, -0.2) is 24.5 Å². The Morgan fingerprint density at radius 3 is 2.42 bits per heavy atom. The summed E-state index contributed by atoms with van der Waals surface area (Å²) in [4.78, 5) is 2.55. The van der Waals surface area contributed by atoms with Crippen molar-refractivity contribution in [3.8, 4) is 0 Å². The first-order chi connectivity index (χ1) is 5.61. The summed E-state index contributed by atoms with van der Waals surface area (Å²) in [5, 5.41) is 0. The van der Waals surface area contributed by atoms with Crippen molar-refractivity contribution in [2.45, 2.75) is 46.1 Å². The van der Waals surface area contributed by atoms with E-state index >= 15 is 0 Å². The van der Waals surface area contributed by atoms with Crippen LogP contribution in [0.25, 0.3) is 0 Å². The van der Waals surface area contributed by atoms with Gasteiger partial charge >= 0.3 is 0 Å². The quantitative estimate of drug-likeness (QED) is 0.583. The Bertz CT molecular complexity index is 131. The van der Waals surface area contributed by atoms with E-state index in [9.17, 15) is 0 Å². The molecule has 0 aromatic rings. The van der Waals surface area contributed by atoms with Crippen molar-refractivity contribution in [1.29, 1.82) is 0 Å². The first-order valence-corrected chi connectivity index (χ1v) is 5.31. The van der Waals surface area contributed by atoms with Gasteiger partial charge in [-0.15, -0.1) is 0 Å². The number of hydrogen-bond donors (Lipinski definition) is 0. The maximum Gasteiger partial charge on any atom is 0.0115 e. The van der Waals surface area contributed by atoms with Gasteiger partial charge in [-0.25, -0.2) is 0 Å². The molecule has 1 saturated heterocycles. The molecule has 2 unspecified atom stereocenters. The second-order valence-electron chi connectivity index (χ2n) is 4.76. The average Bonchev–Trinajstić information content (AvgIpc) is 2.14. The average molecular weight is 169 g/mol. The molecule has 0 saturated carbocycles.